The second-order valence-corrected chi connectivity index (χ2v) is 37.0. The molecule has 0 saturated carbocycles. The molecule has 722 valence electrons. The number of halogens is 2. The van der Waals surface area contributed by atoms with Crippen LogP contribution in [0.4, 0.5) is 0 Å². The van der Waals surface area contributed by atoms with Crippen LogP contribution in [0.25, 0.3) is 71.1 Å². The van der Waals surface area contributed by atoms with E-state index in [1.807, 2.05) is 41.4 Å². The molecule has 0 amide bonds. The van der Waals surface area contributed by atoms with Crippen molar-refractivity contribution in [3.05, 3.63) is 123 Å². The predicted molar refractivity (Wildman–Crippen MR) is 523 cm³/mol. The molecule has 0 fully saturated rings. The summed E-state index contributed by atoms with van der Waals surface area (Å²) in [6.45, 7) is 13.4. The number of azide groups is 1. The van der Waals surface area contributed by atoms with Gasteiger partial charge in [-0.15, -0.1) is 0 Å². The van der Waals surface area contributed by atoms with E-state index in [0.717, 1.165) is 145 Å². The van der Waals surface area contributed by atoms with Crippen molar-refractivity contribution in [1.29, 1.82) is 0 Å². The van der Waals surface area contributed by atoms with Gasteiger partial charge in [0.15, 0.2) is 44.3 Å². The fourth-order valence-electron chi connectivity index (χ4n) is 16.6. The number of hydrogen-bond donors (Lipinski definition) is 5. The Morgan fingerprint density at radius 2 is 0.574 bits per heavy atom. The standard InChI is InChI=1S/C24H42N4O5S.C23H39N7O2.C23H41N5O2.C22H37Cl2N5.N3.Na/c1-20-25-22-21(23(29)26-24(30)27(22)2)28(20)18-16-14-12-10-8-6-4-5-7-9-11-13-15-17-19-33-34(3,31)32;1-19-26-21-20(22(31)27-23(32)29(21)2)30(19)18-16-14-12-10-8-6-4-3-5-7-9-11-13-15-17-25-28-24;1-19-25-21-20(22(29)26-23(30)27(21)2)28(19)18-16-14-12-10-8-6-4-3-5-7-9-11-13-15-17-24;1-18-26-21-19(20(23)27-22(24)28-21)29(18)17-15-13-11-9-7-5-3-2-4-6-8-10-12-14-16-25;1-3-2;/h4-19H2,1-3H3,(H,26,29,30);3-18H2,1-2H3,(H,27,31,32);3-18,24H2,1-2H3,(H,26,29,30);2-17,25H2,1H3;;/q;;;;-1;+1. The van der Waals surface area contributed by atoms with Crippen LogP contribution in [0.2, 0.25) is 10.4 Å². The monoisotopic (exact) mass is 1870 g/mol. The third kappa shape index (κ3) is 47.0. The molecule has 0 aliphatic rings. The molecule has 0 bridgehead atoms. The number of aryl methyl sites for hydroxylation is 11. The van der Waals surface area contributed by atoms with Gasteiger partial charge >= 0.3 is 46.6 Å². The molecule has 8 aromatic heterocycles. The Balaban J connectivity index is 0.000000438. The molecule has 8 rings (SSSR count). The fraction of sp³-hybridized carbons (Fsp3) is 0.783. The van der Waals surface area contributed by atoms with E-state index in [4.69, 9.17) is 55.4 Å². The van der Waals surface area contributed by atoms with E-state index in [9.17, 15) is 37.2 Å². The Bertz CT molecular complexity index is 5000. The van der Waals surface area contributed by atoms with Gasteiger partial charge in [0.1, 0.15) is 28.8 Å². The molecule has 33 nitrogen and oxygen atoms in total. The molecule has 0 unspecified atom stereocenters. The van der Waals surface area contributed by atoms with Gasteiger partial charge in [0, 0.05) is 58.8 Å². The number of fused-ring (bicyclic) bond motifs is 4. The Labute approximate surface area is 797 Å². The minimum Gasteiger partial charge on any atom is -0.373 e. The molecule has 0 radical (unpaired) electrons. The molecular weight excluding hydrogens is 1710 g/mol. The van der Waals surface area contributed by atoms with E-state index in [1.54, 1.807) is 21.1 Å². The first kappa shape index (κ1) is 116. The van der Waals surface area contributed by atoms with Crippen LogP contribution in [0.1, 0.15) is 383 Å². The quantitative estimate of drug-likeness (QED) is 0.00345. The molecule has 0 aliphatic heterocycles. The van der Waals surface area contributed by atoms with E-state index in [0.29, 0.717) is 57.4 Å². The van der Waals surface area contributed by atoms with Crippen LogP contribution in [0.15, 0.2) is 33.9 Å². The van der Waals surface area contributed by atoms with Crippen molar-refractivity contribution in [2.75, 3.05) is 32.5 Å². The first-order valence-electron chi connectivity index (χ1n) is 48.7. The molecule has 0 spiro atoms. The summed E-state index contributed by atoms with van der Waals surface area (Å²) in [4.78, 5) is 109. The Morgan fingerprint density at radius 3 is 0.822 bits per heavy atom. The van der Waals surface area contributed by atoms with Crippen LogP contribution in [0, 0.1) is 27.7 Å². The van der Waals surface area contributed by atoms with Gasteiger partial charge in [0.05, 0.1) is 12.9 Å². The van der Waals surface area contributed by atoms with Gasteiger partial charge in [-0.2, -0.15) is 13.4 Å². The maximum absolute atomic E-state index is 12.2. The van der Waals surface area contributed by atoms with Crippen LogP contribution in [-0.4, -0.2) is 118 Å². The van der Waals surface area contributed by atoms with Crippen molar-refractivity contribution in [2.45, 2.75) is 413 Å². The molecule has 7 N–H and O–H groups in total. The summed E-state index contributed by atoms with van der Waals surface area (Å²) in [7, 11) is 1.61. The molecule has 8 aromatic rings. The van der Waals surface area contributed by atoms with Crippen LogP contribution in [0.3, 0.4) is 0 Å². The predicted octanol–water partition coefficient (Wildman–Crippen LogP) is 18.6. The zero-order valence-corrected chi connectivity index (χ0v) is 84.6. The Morgan fingerprint density at radius 1 is 0.349 bits per heavy atom. The molecule has 0 saturated heterocycles. The minimum atomic E-state index is -3.29. The number of aromatic nitrogens is 16. The molecule has 37 heteroatoms. The fourth-order valence-corrected chi connectivity index (χ4v) is 17.5. The van der Waals surface area contributed by atoms with Crippen LogP contribution in [-0.2, 0) is 61.6 Å². The van der Waals surface area contributed by atoms with E-state index < -0.39 is 27.2 Å². The molecule has 0 atom stereocenters. The summed E-state index contributed by atoms with van der Waals surface area (Å²) in [6.07, 6.45) is 71.5. The number of aromatic amines is 3. The van der Waals surface area contributed by atoms with E-state index in [1.165, 1.54) is 308 Å². The van der Waals surface area contributed by atoms with Gasteiger partial charge < -0.3 is 40.8 Å². The number of unbranched alkanes of at least 4 members (excludes halogenated alkanes) is 52. The number of H-pyrrole nitrogens is 3. The van der Waals surface area contributed by atoms with Gasteiger partial charge in [-0.1, -0.05) is 325 Å². The molecule has 0 aliphatic carbocycles. The summed E-state index contributed by atoms with van der Waals surface area (Å²) in [5.41, 5.74) is 34.7. The van der Waals surface area contributed by atoms with Gasteiger partial charge in [-0.3, -0.25) is 52.1 Å². The Kier molecular flexibility index (Phi) is 63.7. The second kappa shape index (κ2) is 70.7. The molecule has 0 aromatic carbocycles. The second-order valence-electron chi connectivity index (χ2n) is 34.6. The van der Waals surface area contributed by atoms with Gasteiger partial charge in [0.2, 0.25) is 5.28 Å². The normalized spacial score (nSPS) is 11.3. The summed E-state index contributed by atoms with van der Waals surface area (Å²) in [6, 6.07) is 0. The van der Waals surface area contributed by atoms with E-state index in [-0.39, 0.29) is 51.5 Å². The molecule has 129 heavy (non-hydrogen) atoms. The van der Waals surface area contributed by atoms with Crippen molar-refractivity contribution in [3.63, 3.8) is 0 Å². The van der Waals surface area contributed by atoms with Crippen molar-refractivity contribution < 1.29 is 42.2 Å². The number of hydrogen-bond acceptors (Lipinski definition) is 18. The maximum Gasteiger partial charge on any atom is 1.00 e. The number of nitrogens with zero attached hydrogens (tertiary/aromatic N) is 19. The topological polar surface area (TPSA) is 465 Å². The van der Waals surface area contributed by atoms with Crippen molar-refractivity contribution in [3.8, 4) is 0 Å². The molecule has 8 heterocycles. The number of imidazole rings is 4. The van der Waals surface area contributed by atoms with Gasteiger partial charge in [0.25, 0.3) is 26.8 Å². The summed E-state index contributed by atoms with van der Waals surface area (Å²) >= 11 is 12.1. The van der Waals surface area contributed by atoms with Crippen LogP contribution in [0.5, 0.6) is 0 Å². The summed E-state index contributed by atoms with van der Waals surface area (Å²) in [5.74, 6) is 3.25. The van der Waals surface area contributed by atoms with Crippen LogP contribution >= 0.6 is 23.2 Å². The summed E-state index contributed by atoms with van der Waals surface area (Å²) in [5, 5.41) is 4.09. The van der Waals surface area contributed by atoms with Crippen molar-refractivity contribution >= 4 is 78.0 Å². The number of nitrogens with one attached hydrogen (secondary N) is 3. The van der Waals surface area contributed by atoms with E-state index in [2.05, 4.69) is 59.4 Å². The first-order chi connectivity index (χ1) is 61.9. The largest absolute Gasteiger partial charge is 1.00 e. The first-order valence-corrected chi connectivity index (χ1v) is 51.2. The average molecular weight is 1870 g/mol. The zero-order chi connectivity index (χ0) is 93.5. The van der Waals surface area contributed by atoms with Crippen LogP contribution < -0.4 is 74.8 Å². The maximum atomic E-state index is 12.2. The number of nitrogens with two attached hydrogens (primary N) is 2. The van der Waals surface area contributed by atoms with Gasteiger partial charge in [-0.05, 0) is 109 Å². The third-order valence-corrected chi connectivity index (χ3v) is 25.0. The zero-order valence-electron chi connectivity index (χ0n) is 80.2. The third-order valence-electron chi connectivity index (χ3n) is 24.0. The summed E-state index contributed by atoms with van der Waals surface area (Å²) < 4.78 is 38.6. The molecular formula is C92H159Cl2N24NaO9S. The van der Waals surface area contributed by atoms with Crippen molar-refractivity contribution in [1.82, 2.24) is 76.8 Å². The smallest absolute Gasteiger partial charge is 0.373 e. The Hall–Kier alpha value is -6.97. The van der Waals surface area contributed by atoms with E-state index >= 15 is 0 Å². The SMILES string of the molecule is Cc1nc2c(c(=O)[nH]c(=O)n2C)n1CCCCCCCCCCCCCCCCN.Cc1nc2c(c(=O)[nH]c(=O)n2C)n1CCCCCCCCCCCCCCCCN=[N+]=[N-].Cc1nc2c(c(=O)[nH]c(=O)n2C)n1CCCCCCCCCCCCCCCCOS(C)(=O)=O.Cc1nc2nc(Cl)nc(Cl)c2n1CCCCCCCCCCCCCCCCN.[N-]=[N+]=[N-].[Na+]. The van der Waals surface area contributed by atoms with Crippen molar-refractivity contribution in [2.24, 2.45) is 37.7 Å². The average Bonchev–Trinajstić information content (AvgIpc) is 1.63. The number of rotatable bonds is 67. The van der Waals surface area contributed by atoms with Gasteiger partial charge in [-0.25, -0.2) is 39.3 Å². The minimum absolute atomic E-state index is 0.